The van der Waals surface area contributed by atoms with Crippen LogP contribution in [0.4, 0.5) is 5.69 Å². The number of hydrogen-bond acceptors (Lipinski definition) is 4. The van der Waals surface area contributed by atoms with Crippen LogP contribution in [0.3, 0.4) is 0 Å². The van der Waals surface area contributed by atoms with Crippen molar-refractivity contribution in [2.75, 3.05) is 12.4 Å². The number of nitrogens with zero attached hydrogens (tertiary/aromatic N) is 1. The molecule has 1 aromatic heterocycles. The zero-order chi connectivity index (χ0) is 20.8. The first-order valence-corrected chi connectivity index (χ1v) is 9.33. The average Bonchev–Trinajstić information content (AvgIpc) is 2.72. The van der Waals surface area contributed by atoms with E-state index in [0.717, 1.165) is 16.7 Å². The van der Waals surface area contributed by atoms with Crippen molar-refractivity contribution in [3.63, 3.8) is 0 Å². The summed E-state index contributed by atoms with van der Waals surface area (Å²) in [5, 5.41) is 2.83. The van der Waals surface area contributed by atoms with E-state index in [1.165, 1.54) is 12.1 Å². The van der Waals surface area contributed by atoms with E-state index in [1.807, 2.05) is 38.1 Å². The van der Waals surface area contributed by atoms with E-state index in [2.05, 4.69) is 15.3 Å². The van der Waals surface area contributed by atoms with Crippen LogP contribution in [-0.2, 0) is 11.2 Å². The van der Waals surface area contributed by atoms with Crippen molar-refractivity contribution < 1.29 is 9.53 Å². The summed E-state index contributed by atoms with van der Waals surface area (Å²) in [7, 11) is 1.60. The van der Waals surface area contributed by atoms with Gasteiger partial charge < -0.3 is 15.0 Å². The minimum absolute atomic E-state index is 0.198. The monoisotopic (exact) mass is 389 g/mol. The summed E-state index contributed by atoms with van der Waals surface area (Å²) in [6.45, 7) is 3.92. The third-order valence-electron chi connectivity index (χ3n) is 4.36. The molecular formula is C23H23N3O3. The fraction of sp³-hybridized carbons (Fsp3) is 0.174. The topological polar surface area (TPSA) is 84.1 Å². The van der Waals surface area contributed by atoms with E-state index in [1.54, 1.807) is 31.4 Å². The lowest BCUT2D eigenvalue weighted by Crippen LogP contribution is -2.10. The lowest BCUT2D eigenvalue weighted by molar-refractivity contribution is -0.111. The maximum atomic E-state index is 12.4. The number of rotatable bonds is 6. The number of carbonyl (C=O) groups is 1. The summed E-state index contributed by atoms with van der Waals surface area (Å²) < 4.78 is 5.33. The molecule has 0 fully saturated rings. The first-order valence-electron chi connectivity index (χ1n) is 9.33. The predicted octanol–water partition coefficient (Wildman–Crippen LogP) is 3.97. The number of nitrogens with one attached hydrogen (secondary N) is 2. The number of carbonyl (C=O) groups excluding carboxylic acids is 1. The standard InChI is InChI=1S/C23H23N3O3/c1-4-18-14-22(28)26-23(25-18)17-6-5-7-19(13-17)24-21(27)11-9-16-12-15(2)8-10-20(16)29-3/h5-14H,4H2,1-3H3,(H,24,27)(H,25,26,28)/b11-9+. The van der Waals surface area contributed by atoms with E-state index in [4.69, 9.17) is 4.74 Å². The molecule has 6 heteroatoms. The predicted molar refractivity (Wildman–Crippen MR) is 115 cm³/mol. The molecular weight excluding hydrogens is 366 g/mol. The molecule has 0 aliphatic rings. The molecule has 6 nitrogen and oxygen atoms in total. The number of H-pyrrole nitrogens is 1. The van der Waals surface area contributed by atoms with Crippen molar-refractivity contribution in [3.8, 4) is 17.1 Å². The summed E-state index contributed by atoms with van der Waals surface area (Å²) >= 11 is 0. The molecule has 0 atom stereocenters. The zero-order valence-electron chi connectivity index (χ0n) is 16.7. The molecule has 0 saturated carbocycles. The Morgan fingerprint density at radius 2 is 2.03 bits per heavy atom. The molecule has 0 aliphatic heterocycles. The number of benzene rings is 2. The van der Waals surface area contributed by atoms with Crippen LogP contribution < -0.4 is 15.6 Å². The van der Waals surface area contributed by atoms with Crippen LogP contribution in [0.2, 0.25) is 0 Å². The van der Waals surface area contributed by atoms with Crippen LogP contribution in [0.1, 0.15) is 23.7 Å². The van der Waals surface area contributed by atoms with Crippen molar-refractivity contribution in [2.45, 2.75) is 20.3 Å². The van der Waals surface area contributed by atoms with Gasteiger partial charge in [-0.15, -0.1) is 0 Å². The number of anilines is 1. The lowest BCUT2D eigenvalue weighted by Gasteiger charge is -2.07. The van der Waals surface area contributed by atoms with Gasteiger partial charge in [0, 0.05) is 34.7 Å². The van der Waals surface area contributed by atoms with Crippen LogP contribution in [0.5, 0.6) is 5.75 Å². The van der Waals surface area contributed by atoms with Gasteiger partial charge in [-0.1, -0.05) is 30.7 Å². The highest BCUT2D eigenvalue weighted by molar-refractivity contribution is 6.02. The summed E-state index contributed by atoms with van der Waals surface area (Å²) in [6, 6.07) is 14.5. The maximum absolute atomic E-state index is 12.4. The summed E-state index contributed by atoms with van der Waals surface area (Å²) in [5.41, 5.74) is 3.76. The van der Waals surface area contributed by atoms with Gasteiger partial charge in [0.2, 0.25) is 5.91 Å². The van der Waals surface area contributed by atoms with Gasteiger partial charge in [-0.05, 0) is 43.7 Å². The molecule has 2 aromatic carbocycles. The number of amides is 1. The van der Waals surface area contributed by atoms with Gasteiger partial charge >= 0.3 is 0 Å². The van der Waals surface area contributed by atoms with E-state index in [-0.39, 0.29) is 11.5 Å². The first kappa shape index (κ1) is 20.1. The van der Waals surface area contributed by atoms with Crippen LogP contribution in [0.15, 0.2) is 59.4 Å². The molecule has 0 spiro atoms. The van der Waals surface area contributed by atoms with Crippen LogP contribution in [0.25, 0.3) is 17.5 Å². The van der Waals surface area contributed by atoms with Crippen molar-refractivity contribution >= 4 is 17.7 Å². The normalized spacial score (nSPS) is 10.9. The molecule has 3 aromatic rings. The second kappa shape index (κ2) is 9.01. The Balaban J connectivity index is 1.78. The van der Waals surface area contributed by atoms with Gasteiger partial charge in [0.25, 0.3) is 5.56 Å². The molecule has 148 valence electrons. The molecule has 0 radical (unpaired) electrons. The van der Waals surface area contributed by atoms with Gasteiger partial charge in [0.05, 0.1) is 7.11 Å². The van der Waals surface area contributed by atoms with Crippen LogP contribution in [0, 0.1) is 6.92 Å². The van der Waals surface area contributed by atoms with E-state index in [0.29, 0.717) is 29.4 Å². The van der Waals surface area contributed by atoms with Gasteiger partial charge in [0.15, 0.2) is 0 Å². The number of aromatic nitrogens is 2. The molecule has 2 N–H and O–H groups in total. The third-order valence-corrected chi connectivity index (χ3v) is 4.36. The van der Waals surface area contributed by atoms with E-state index >= 15 is 0 Å². The average molecular weight is 389 g/mol. The highest BCUT2D eigenvalue weighted by Gasteiger charge is 2.06. The maximum Gasteiger partial charge on any atom is 0.251 e. The van der Waals surface area contributed by atoms with Crippen LogP contribution in [-0.4, -0.2) is 23.0 Å². The van der Waals surface area contributed by atoms with Gasteiger partial charge in [-0.25, -0.2) is 4.98 Å². The molecule has 1 heterocycles. The van der Waals surface area contributed by atoms with Crippen LogP contribution >= 0.6 is 0 Å². The highest BCUT2D eigenvalue weighted by Crippen LogP contribution is 2.22. The summed E-state index contributed by atoms with van der Waals surface area (Å²) in [5.74, 6) is 0.910. The van der Waals surface area contributed by atoms with Gasteiger partial charge in [-0.3, -0.25) is 9.59 Å². The Kier molecular flexibility index (Phi) is 6.24. The fourth-order valence-electron chi connectivity index (χ4n) is 2.90. The van der Waals surface area contributed by atoms with Crippen molar-refractivity contribution in [2.24, 2.45) is 0 Å². The largest absolute Gasteiger partial charge is 0.496 e. The zero-order valence-corrected chi connectivity index (χ0v) is 16.7. The number of aryl methyl sites for hydroxylation is 2. The highest BCUT2D eigenvalue weighted by atomic mass is 16.5. The fourth-order valence-corrected chi connectivity index (χ4v) is 2.90. The number of ether oxygens (including phenoxy) is 1. The third kappa shape index (κ3) is 5.19. The Labute approximate surface area is 169 Å². The quantitative estimate of drug-likeness (QED) is 0.625. The van der Waals surface area contributed by atoms with Crippen molar-refractivity contribution in [1.29, 1.82) is 0 Å². The minimum atomic E-state index is -0.269. The molecule has 0 bridgehead atoms. The second-order valence-electron chi connectivity index (χ2n) is 6.59. The van der Waals surface area contributed by atoms with Crippen molar-refractivity contribution in [3.05, 3.63) is 81.8 Å². The molecule has 0 aliphatic carbocycles. The summed E-state index contributed by atoms with van der Waals surface area (Å²) in [4.78, 5) is 31.4. The minimum Gasteiger partial charge on any atom is -0.496 e. The Hall–Kier alpha value is -3.67. The molecule has 1 amide bonds. The molecule has 0 unspecified atom stereocenters. The molecule has 0 saturated heterocycles. The van der Waals surface area contributed by atoms with Gasteiger partial charge in [-0.2, -0.15) is 0 Å². The van der Waals surface area contributed by atoms with E-state index in [9.17, 15) is 9.59 Å². The number of methoxy groups -OCH3 is 1. The molecule has 3 rings (SSSR count). The first-order chi connectivity index (χ1) is 14.0. The molecule has 29 heavy (non-hydrogen) atoms. The summed E-state index contributed by atoms with van der Waals surface area (Å²) in [6.07, 6.45) is 3.84. The SMILES string of the molecule is CCc1cc(=O)[nH]c(-c2cccc(NC(=O)/C=C/c3cc(C)ccc3OC)c2)n1. The Morgan fingerprint density at radius 1 is 1.21 bits per heavy atom. The Bertz CT molecular complexity index is 1120. The Morgan fingerprint density at radius 3 is 2.79 bits per heavy atom. The van der Waals surface area contributed by atoms with Gasteiger partial charge in [0.1, 0.15) is 11.6 Å². The van der Waals surface area contributed by atoms with Crippen molar-refractivity contribution in [1.82, 2.24) is 9.97 Å². The number of hydrogen-bond donors (Lipinski definition) is 2. The lowest BCUT2D eigenvalue weighted by atomic mass is 10.1. The van der Waals surface area contributed by atoms with E-state index < -0.39 is 0 Å². The second-order valence-corrected chi connectivity index (χ2v) is 6.59. The number of aromatic amines is 1. The smallest absolute Gasteiger partial charge is 0.251 e.